The maximum absolute atomic E-state index is 12.2. The minimum Gasteiger partial charge on any atom is -0.398 e. The van der Waals surface area contributed by atoms with Crippen LogP contribution in [0.4, 0.5) is 14.5 Å². The Morgan fingerprint density at radius 3 is 2.62 bits per heavy atom. The number of pyridine rings is 1. The Bertz CT molecular complexity index is 362. The molecule has 4 N–H and O–H groups in total. The molecule has 4 nitrogen and oxygen atoms in total. The number of nitrogens with two attached hydrogens (primary N) is 1. The largest absolute Gasteiger partial charge is 0.398 e. The highest BCUT2D eigenvalue weighted by Gasteiger charge is 2.16. The number of H-pyrrole nitrogens is 1. The standard InChI is InChI=1S/C7H8F2N2O2/c8-6(9)5-4(10)1-3(2-12)11-7(5)13/h1,6,12H,2H2,(H3,10,11,13). The number of hydrogen-bond acceptors (Lipinski definition) is 3. The maximum atomic E-state index is 12.2. The molecule has 6 heteroatoms. The first kappa shape index (κ1) is 9.66. The van der Waals surface area contributed by atoms with Gasteiger partial charge in [0, 0.05) is 11.4 Å². The Balaban J connectivity index is 3.32. The van der Waals surface area contributed by atoms with Crippen LogP contribution in [0.3, 0.4) is 0 Å². The van der Waals surface area contributed by atoms with Crippen molar-refractivity contribution in [2.24, 2.45) is 0 Å². The molecule has 0 aliphatic rings. The minimum absolute atomic E-state index is 0.118. The molecule has 72 valence electrons. The molecule has 0 amide bonds. The Hall–Kier alpha value is -1.43. The summed E-state index contributed by atoms with van der Waals surface area (Å²) in [4.78, 5) is 13.0. The Morgan fingerprint density at radius 1 is 1.62 bits per heavy atom. The van der Waals surface area contributed by atoms with Gasteiger partial charge in [0.1, 0.15) is 5.56 Å². The van der Waals surface area contributed by atoms with Gasteiger partial charge in [-0.2, -0.15) is 0 Å². The van der Waals surface area contributed by atoms with Crippen molar-refractivity contribution in [3.05, 3.63) is 27.7 Å². The maximum Gasteiger partial charge on any atom is 0.271 e. The van der Waals surface area contributed by atoms with E-state index in [0.717, 1.165) is 6.07 Å². The highest BCUT2D eigenvalue weighted by atomic mass is 19.3. The lowest BCUT2D eigenvalue weighted by atomic mass is 10.2. The fraction of sp³-hybridized carbons (Fsp3) is 0.286. The lowest BCUT2D eigenvalue weighted by molar-refractivity contribution is 0.150. The first-order valence-electron chi connectivity index (χ1n) is 3.47. The molecule has 1 rings (SSSR count). The van der Waals surface area contributed by atoms with Crippen LogP contribution in [0.25, 0.3) is 0 Å². The summed E-state index contributed by atoms with van der Waals surface area (Å²) in [5, 5.41) is 8.60. The van der Waals surface area contributed by atoms with Crippen LogP contribution in [-0.2, 0) is 6.61 Å². The van der Waals surface area contributed by atoms with Crippen LogP contribution < -0.4 is 11.3 Å². The molecule has 1 aromatic rings. The van der Waals surface area contributed by atoms with E-state index in [2.05, 4.69) is 4.98 Å². The van der Waals surface area contributed by atoms with Crippen molar-refractivity contribution < 1.29 is 13.9 Å². The molecule has 1 heterocycles. The summed E-state index contributed by atoms with van der Waals surface area (Å²) in [6.45, 7) is -0.442. The predicted octanol–water partition coefficient (Wildman–Crippen LogP) is 0.387. The summed E-state index contributed by atoms with van der Waals surface area (Å²) >= 11 is 0. The molecular weight excluding hydrogens is 182 g/mol. The zero-order valence-electron chi connectivity index (χ0n) is 6.55. The molecule has 1 aromatic heterocycles. The average Bonchev–Trinajstić information content (AvgIpc) is 2.02. The van der Waals surface area contributed by atoms with Gasteiger partial charge < -0.3 is 15.8 Å². The number of alkyl halides is 2. The molecule has 0 spiro atoms. The zero-order chi connectivity index (χ0) is 10.0. The monoisotopic (exact) mass is 190 g/mol. The van der Waals surface area contributed by atoms with Crippen molar-refractivity contribution in [3.8, 4) is 0 Å². The first-order chi connectivity index (χ1) is 6.06. The van der Waals surface area contributed by atoms with Crippen LogP contribution in [0.2, 0.25) is 0 Å². The number of hydrogen-bond donors (Lipinski definition) is 3. The quantitative estimate of drug-likeness (QED) is 0.631. The molecule has 0 aliphatic carbocycles. The molecule has 0 atom stereocenters. The highest BCUT2D eigenvalue weighted by molar-refractivity contribution is 5.46. The molecule has 13 heavy (non-hydrogen) atoms. The topological polar surface area (TPSA) is 79.1 Å². The van der Waals surface area contributed by atoms with E-state index < -0.39 is 24.2 Å². The molecule has 0 radical (unpaired) electrons. The van der Waals surface area contributed by atoms with Crippen LogP contribution in [0, 0.1) is 0 Å². The van der Waals surface area contributed by atoms with E-state index >= 15 is 0 Å². The second kappa shape index (κ2) is 3.53. The summed E-state index contributed by atoms with van der Waals surface area (Å²) in [5.41, 5.74) is 3.29. The number of aliphatic hydroxyl groups excluding tert-OH is 1. The third-order valence-corrected chi connectivity index (χ3v) is 1.55. The van der Waals surface area contributed by atoms with Crippen LogP contribution >= 0.6 is 0 Å². The number of aromatic amines is 1. The molecule has 0 fully saturated rings. The number of nitrogen functional groups attached to an aromatic ring is 1. The van der Waals surface area contributed by atoms with E-state index in [1.165, 1.54) is 0 Å². The average molecular weight is 190 g/mol. The number of anilines is 1. The third-order valence-electron chi connectivity index (χ3n) is 1.55. The van der Waals surface area contributed by atoms with E-state index in [-0.39, 0.29) is 11.4 Å². The van der Waals surface area contributed by atoms with Crippen molar-refractivity contribution in [2.75, 3.05) is 5.73 Å². The van der Waals surface area contributed by atoms with Crippen molar-refractivity contribution in [3.63, 3.8) is 0 Å². The number of aliphatic hydroxyl groups is 1. The Kier molecular flexibility index (Phi) is 2.62. The van der Waals surface area contributed by atoms with Gasteiger partial charge >= 0.3 is 0 Å². The molecule has 0 aliphatic heterocycles. The normalized spacial score (nSPS) is 10.8. The lowest BCUT2D eigenvalue weighted by Gasteiger charge is -2.04. The number of nitrogens with one attached hydrogen (secondary N) is 1. The summed E-state index contributed by atoms with van der Waals surface area (Å²) in [7, 11) is 0. The molecule has 0 aromatic carbocycles. The molecule has 0 saturated heterocycles. The van der Waals surface area contributed by atoms with Crippen molar-refractivity contribution >= 4 is 5.69 Å². The fourth-order valence-electron chi connectivity index (χ4n) is 0.956. The van der Waals surface area contributed by atoms with E-state index in [1.54, 1.807) is 0 Å². The number of aromatic nitrogens is 1. The van der Waals surface area contributed by atoms with Gasteiger partial charge in [-0.25, -0.2) is 8.78 Å². The van der Waals surface area contributed by atoms with Gasteiger partial charge in [0.2, 0.25) is 0 Å². The number of halogens is 2. The van der Waals surface area contributed by atoms with Crippen molar-refractivity contribution in [1.82, 2.24) is 4.98 Å². The second-order valence-electron chi connectivity index (χ2n) is 2.45. The van der Waals surface area contributed by atoms with Crippen molar-refractivity contribution in [2.45, 2.75) is 13.0 Å². The van der Waals surface area contributed by atoms with Crippen LogP contribution in [-0.4, -0.2) is 10.1 Å². The molecule has 0 unspecified atom stereocenters. The summed E-state index contributed by atoms with van der Waals surface area (Å²) in [6.07, 6.45) is -2.91. The zero-order valence-corrected chi connectivity index (χ0v) is 6.55. The van der Waals surface area contributed by atoms with Crippen molar-refractivity contribution in [1.29, 1.82) is 0 Å². The summed E-state index contributed by atoms with van der Waals surface area (Å²) in [5.74, 6) is 0. The van der Waals surface area contributed by atoms with E-state index in [4.69, 9.17) is 10.8 Å². The minimum atomic E-state index is -2.91. The third kappa shape index (κ3) is 1.83. The number of rotatable bonds is 2. The van der Waals surface area contributed by atoms with E-state index in [1.807, 2.05) is 0 Å². The summed E-state index contributed by atoms with van der Waals surface area (Å²) in [6, 6.07) is 1.11. The summed E-state index contributed by atoms with van der Waals surface area (Å²) < 4.78 is 24.3. The van der Waals surface area contributed by atoms with Gasteiger partial charge in [-0.05, 0) is 6.07 Å². The Morgan fingerprint density at radius 2 is 2.23 bits per heavy atom. The van der Waals surface area contributed by atoms with E-state index in [9.17, 15) is 13.6 Å². The predicted molar refractivity (Wildman–Crippen MR) is 42.4 cm³/mol. The fourth-order valence-corrected chi connectivity index (χ4v) is 0.956. The van der Waals surface area contributed by atoms with Gasteiger partial charge in [-0.15, -0.1) is 0 Å². The Labute approximate surface area is 72.0 Å². The molecule has 0 saturated carbocycles. The van der Waals surface area contributed by atoms with Crippen LogP contribution in [0.1, 0.15) is 17.7 Å². The van der Waals surface area contributed by atoms with Gasteiger partial charge in [0.25, 0.3) is 12.0 Å². The van der Waals surface area contributed by atoms with Crippen LogP contribution in [0.5, 0.6) is 0 Å². The smallest absolute Gasteiger partial charge is 0.271 e. The first-order valence-corrected chi connectivity index (χ1v) is 3.47. The van der Waals surface area contributed by atoms with Crippen LogP contribution in [0.15, 0.2) is 10.9 Å². The molecular formula is C7H8F2N2O2. The van der Waals surface area contributed by atoms with Gasteiger partial charge in [0.05, 0.1) is 6.61 Å². The second-order valence-corrected chi connectivity index (χ2v) is 2.45. The highest BCUT2D eigenvalue weighted by Crippen LogP contribution is 2.20. The molecule has 0 bridgehead atoms. The van der Waals surface area contributed by atoms with E-state index in [0.29, 0.717) is 0 Å². The van der Waals surface area contributed by atoms with Gasteiger partial charge in [0.15, 0.2) is 0 Å². The van der Waals surface area contributed by atoms with Gasteiger partial charge in [-0.1, -0.05) is 0 Å². The lowest BCUT2D eigenvalue weighted by Crippen LogP contribution is -2.17. The van der Waals surface area contributed by atoms with Gasteiger partial charge in [-0.3, -0.25) is 4.79 Å². The SMILES string of the molecule is Nc1cc(CO)[nH]c(=O)c1C(F)F.